The molecule has 2 N–H and O–H groups in total. The Morgan fingerprint density at radius 2 is 1.70 bits per heavy atom. The Labute approximate surface area is 116 Å². The van der Waals surface area contributed by atoms with Gasteiger partial charge < -0.3 is 5.73 Å². The zero-order valence-corrected chi connectivity index (χ0v) is 11.6. The van der Waals surface area contributed by atoms with Crippen molar-refractivity contribution >= 4 is 21.4 Å². The molecule has 20 heavy (non-hydrogen) atoms. The molecule has 4 nitrogen and oxygen atoms in total. The molecule has 0 aliphatic carbocycles. The van der Waals surface area contributed by atoms with Crippen LogP contribution in [0.5, 0.6) is 0 Å². The van der Waals surface area contributed by atoms with Crippen LogP contribution in [0.1, 0.15) is 5.56 Å². The molecule has 2 aromatic carbocycles. The van der Waals surface area contributed by atoms with Crippen LogP contribution in [0.15, 0.2) is 58.4 Å². The zero-order valence-electron chi connectivity index (χ0n) is 10.7. The summed E-state index contributed by atoms with van der Waals surface area (Å²) in [6, 6.07) is 11.9. The SMILES string of the molecule is CS(=O)(=O)c1ccc(N=C(N)c2ccccc2F)cc1. The maximum atomic E-state index is 13.5. The van der Waals surface area contributed by atoms with Gasteiger partial charge in [0.15, 0.2) is 9.84 Å². The van der Waals surface area contributed by atoms with E-state index in [2.05, 4.69) is 4.99 Å². The molecule has 0 atom stereocenters. The molecule has 6 heteroatoms. The zero-order chi connectivity index (χ0) is 14.8. The third-order valence-electron chi connectivity index (χ3n) is 2.66. The molecule has 0 aliphatic rings. The van der Waals surface area contributed by atoms with Crippen molar-refractivity contribution in [3.8, 4) is 0 Å². The van der Waals surface area contributed by atoms with Gasteiger partial charge in [-0.25, -0.2) is 17.8 Å². The number of aliphatic imine (C=N–C) groups is 1. The summed E-state index contributed by atoms with van der Waals surface area (Å²) in [6.07, 6.45) is 1.12. The summed E-state index contributed by atoms with van der Waals surface area (Å²) in [5.74, 6) is -0.420. The fourth-order valence-corrected chi connectivity index (χ4v) is 2.27. The lowest BCUT2D eigenvalue weighted by Crippen LogP contribution is -2.14. The number of hydrogen-bond acceptors (Lipinski definition) is 3. The second-order valence-electron chi connectivity index (χ2n) is 4.24. The highest BCUT2D eigenvalue weighted by Gasteiger charge is 2.07. The highest BCUT2D eigenvalue weighted by atomic mass is 32.2. The Bertz CT molecular complexity index is 753. The van der Waals surface area contributed by atoms with Gasteiger partial charge in [0.05, 0.1) is 16.1 Å². The monoisotopic (exact) mass is 292 g/mol. The van der Waals surface area contributed by atoms with Crippen molar-refractivity contribution in [2.75, 3.05) is 6.26 Å². The van der Waals surface area contributed by atoms with Crippen LogP contribution in [0.4, 0.5) is 10.1 Å². The molecule has 0 aliphatic heterocycles. The van der Waals surface area contributed by atoms with Crippen LogP contribution in [-0.4, -0.2) is 20.5 Å². The van der Waals surface area contributed by atoms with Crippen LogP contribution >= 0.6 is 0 Å². The maximum Gasteiger partial charge on any atom is 0.175 e. The predicted molar refractivity (Wildman–Crippen MR) is 76.3 cm³/mol. The Morgan fingerprint density at radius 3 is 2.25 bits per heavy atom. The molecule has 104 valence electrons. The topological polar surface area (TPSA) is 72.5 Å². The fraction of sp³-hybridized carbons (Fsp3) is 0.0714. The molecule has 2 aromatic rings. The molecule has 0 fully saturated rings. The van der Waals surface area contributed by atoms with Crippen LogP contribution < -0.4 is 5.73 Å². The highest BCUT2D eigenvalue weighted by molar-refractivity contribution is 7.90. The van der Waals surface area contributed by atoms with Gasteiger partial charge in [0.1, 0.15) is 11.7 Å². The lowest BCUT2D eigenvalue weighted by atomic mass is 10.2. The third kappa shape index (κ3) is 3.21. The van der Waals surface area contributed by atoms with Crippen LogP contribution in [0, 0.1) is 5.82 Å². The van der Waals surface area contributed by atoms with Gasteiger partial charge in [-0.3, -0.25) is 0 Å². The second kappa shape index (κ2) is 5.42. The molecule has 0 aromatic heterocycles. The van der Waals surface area contributed by atoms with Crippen LogP contribution in [0.2, 0.25) is 0 Å². The van der Waals surface area contributed by atoms with E-state index in [0.29, 0.717) is 5.69 Å². The first-order valence-electron chi connectivity index (χ1n) is 5.77. The average molecular weight is 292 g/mol. The number of hydrogen-bond donors (Lipinski definition) is 1. The lowest BCUT2D eigenvalue weighted by Gasteiger charge is -2.03. The minimum atomic E-state index is -3.25. The molecule has 0 heterocycles. The van der Waals surface area contributed by atoms with E-state index in [9.17, 15) is 12.8 Å². The number of nitrogens with zero attached hydrogens (tertiary/aromatic N) is 1. The van der Waals surface area contributed by atoms with Crippen molar-refractivity contribution < 1.29 is 12.8 Å². The minimum absolute atomic E-state index is 0.0372. The summed E-state index contributed by atoms with van der Waals surface area (Å²) >= 11 is 0. The van der Waals surface area contributed by atoms with Gasteiger partial charge in [0.2, 0.25) is 0 Å². The Kier molecular flexibility index (Phi) is 3.85. The van der Waals surface area contributed by atoms with Crippen molar-refractivity contribution in [3.63, 3.8) is 0 Å². The third-order valence-corrected chi connectivity index (χ3v) is 3.79. The van der Waals surface area contributed by atoms with E-state index in [1.165, 1.54) is 36.4 Å². The number of nitrogens with two attached hydrogens (primary N) is 1. The van der Waals surface area contributed by atoms with E-state index >= 15 is 0 Å². The summed E-state index contributed by atoms with van der Waals surface area (Å²) < 4.78 is 36.2. The molecule has 0 saturated heterocycles. The van der Waals surface area contributed by atoms with Crippen molar-refractivity contribution in [1.82, 2.24) is 0 Å². The van der Waals surface area contributed by atoms with E-state index in [1.807, 2.05) is 0 Å². The summed E-state index contributed by atoms with van der Waals surface area (Å²) in [4.78, 5) is 4.27. The molecule has 2 rings (SSSR count). The van der Waals surface area contributed by atoms with E-state index in [4.69, 9.17) is 5.73 Å². The number of sulfone groups is 1. The fourth-order valence-electron chi connectivity index (χ4n) is 1.64. The van der Waals surface area contributed by atoms with Gasteiger partial charge in [0.25, 0.3) is 0 Å². The lowest BCUT2D eigenvalue weighted by molar-refractivity contribution is 0.602. The first-order valence-corrected chi connectivity index (χ1v) is 7.66. The molecule has 0 radical (unpaired) electrons. The number of rotatable bonds is 3. The Morgan fingerprint density at radius 1 is 1.10 bits per heavy atom. The van der Waals surface area contributed by atoms with Gasteiger partial charge in [-0.15, -0.1) is 0 Å². The predicted octanol–water partition coefficient (Wildman–Crippen LogP) is 2.27. The van der Waals surface area contributed by atoms with Crippen LogP contribution in [0.3, 0.4) is 0 Å². The summed E-state index contributed by atoms with van der Waals surface area (Å²) in [5, 5.41) is 0. The van der Waals surface area contributed by atoms with Gasteiger partial charge in [-0.1, -0.05) is 12.1 Å². The van der Waals surface area contributed by atoms with Gasteiger partial charge >= 0.3 is 0 Å². The minimum Gasteiger partial charge on any atom is -0.383 e. The van der Waals surface area contributed by atoms with E-state index in [-0.39, 0.29) is 16.3 Å². The van der Waals surface area contributed by atoms with Crippen LogP contribution in [0.25, 0.3) is 0 Å². The first kappa shape index (κ1) is 14.2. The van der Waals surface area contributed by atoms with Crippen molar-refractivity contribution in [3.05, 3.63) is 59.9 Å². The van der Waals surface area contributed by atoms with Crippen molar-refractivity contribution in [2.24, 2.45) is 10.7 Å². The molecule has 0 amide bonds. The normalized spacial score (nSPS) is 12.4. The highest BCUT2D eigenvalue weighted by Crippen LogP contribution is 2.17. The first-order chi connectivity index (χ1) is 9.38. The Balaban J connectivity index is 2.34. The van der Waals surface area contributed by atoms with E-state index in [1.54, 1.807) is 12.1 Å². The van der Waals surface area contributed by atoms with Crippen molar-refractivity contribution in [2.45, 2.75) is 4.90 Å². The largest absolute Gasteiger partial charge is 0.383 e. The molecule has 0 spiro atoms. The maximum absolute atomic E-state index is 13.5. The molecular formula is C14H13FN2O2S. The number of benzene rings is 2. The summed E-state index contributed by atoms with van der Waals surface area (Å²) in [7, 11) is -3.25. The van der Waals surface area contributed by atoms with Gasteiger partial charge in [-0.05, 0) is 36.4 Å². The standard InChI is InChI=1S/C14H13FN2O2S/c1-20(18,19)11-8-6-10(7-9-11)17-14(16)12-4-2-3-5-13(12)15/h2-9H,1H3,(H2,16,17). The molecule has 0 unspecified atom stereocenters. The van der Waals surface area contributed by atoms with Gasteiger partial charge in [-0.2, -0.15) is 0 Å². The van der Waals surface area contributed by atoms with Crippen LogP contribution in [-0.2, 0) is 9.84 Å². The van der Waals surface area contributed by atoms with Crippen molar-refractivity contribution in [1.29, 1.82) is 0 Å². The van der Waals surface area contributed by atoms with E-state index < -0.39 is 15.7 Å². The average Bonchev–Trinajstić information content (AvgIpc) is 2.38. The summed E-state index contributed by atoms with van der Waals surface area (Å²) in [6.45, 7) is 0. The molecular weight excluding hydrogens is 279 g/mol. The quantitative estimate of drug-likeness (QED) is 0.696. The number of halogens is 1. The van der Waals surface area contributed by atoms with E-state index in [0.717, 1.165) is 6.26 Å². The molecule has 0 saturated carbocycles. The molecule has 0 bridgehead atoms. The smallest absolute Gasteiger partial charge is 0.175 e. The second-order valence-corrected chi connectivity index (χ2v) is 6.26. The Hall–Kier alpha value is -2.21. The van der Waals surface area contributed by atoms with Gasteiger partial charge in [0, 0.05) is 6.26 Å². The summed E-state index contributed by atoms with van der Waals surface area (Å²) in [5.41, 5.74) is 6.41. The number of amidine groups is 1.